The third kappa shape index (κ3) is 5.00. The van der Waals surface area contributed by atoms with Gasteiger partial charge in [-0.25, -0.2) is 0 Å². The van der Waals surface area contributed by atoms with Crippen molar-refractivity contribution in [3.8, 4) is 0 Å². The number of aliphatic carboxylic acids is 3. The van der Waals surface area contributed by atoms with Gasteiger partial charge in [-0.15, -0.1) is 0 Å². The molecule has 9 heteroatoms. The van der Waals surface area contributed by atoms with Gasteiger partial charge in [-0.05, 0) is 41.0 Å². The minimum Gasteiger partial charge on any atom is -0.481 e. The van der Waals surface area contributed by atoms with Crippen LogP contribution in [0.3, 0.4) is 0 Å². The molecule has 3 aromatic carbocycles. The van der Waals surface area contributed by atoms with Gasteiger partial charge in [0.1, 0.15) is 5.41 Å². The molecule has 236 valence electrons. The second-order valence-corrected chi connectivity index (χ2v) is 13.2. The Kier molecular flexibility index (Phi) is 8.79. The van der Waals surface area contributed by atoms with E-state index in [9.17, 15) is 39.3 Å². The summed E-state index contributed by atoms with van der Waals surface area (Å²) in [5, 5.41) is 33.9. The van der Waals surface area contributed by atoms with Crippen LogP contribution in [-0.2, 0) is 27.2 Å². The lowest BCUT2D eigenvalue weighted by atomic mass is 9.38. The fourth-order valence-corrected chi connectivity index (χ4v) is 7.89. The van der Waals surface area contributed by atoms with Crippen molar-refractivity contribution < 1.29 is 39.3 Å². The molecule has 0 radical (unpaired) electrons. The van der Waals surface area contributed by atoms with Crippen LogP contribution in [-0.4, -0.2) is 56.5 Å². The molecule has 9 nitrogen and oxygen atoms in total. The molecule has 0 fully saturated rings. The van der Waals surface area contributed by atoms with Crippen molar-refractivity contribution in [2.45, 2.75) is 47.5 Å². The van der Waals surface area contributed by atoms with Gasteiger partial charge in [-0.1, -0.05) is 107 Å². The van der Waals surface area contributed by atoms with Crippen molar-refractivity contribution >= 4 is 29.7 Å². The summed E-state index contributed by atoms with van der Waals surface area (Å²) >= 11 is 0. The van der Waals surface area contributed by atoms with E-state index in [1.807, 2.05) is 0 Å². The number of fused-ring (bicyclic) bond motifs is 1. The van der Waals surface area contributed by atoms with Gasteiger partial charge in [0.2, 0.25) is 0 Å². The third-order valence-corrected chi connectivity index (χ3v) is 9.82. The van der Waals surface area contributed by atoms with E-state index in [0.29, 0.717) is 11.1 Å². The summed E-state index contributed by atoms with van der Waals surface area (Å²) in [5.74, 6) is -7.35. The van der Waals surface area contributed by atoms with Crippen LogP contribution in [0.1, 0.15) is 66.5 Å². The molecule has 1 aliphatic rings. The number of hydrogen-bond donors (Lipinski definition) is 3. The van der Waals surface area contributed by atoms with E-state index in [1.54, 1.807) is 107 Å². The maximum absolute atomic E-state index is 14.3. The topological polar surface area (TPSA) is 149 Å². The number of hydrogen-bond acceptors (Lipinski definition) is 5. The first-order valence-corrected chi connectivity index (χ1v) is 14.8. The number of benzene rings is 3. The first-order chi connectivity index (χ1) is 21.1. The monoisotopic (exact) mass is 613 g/mol. The van der Waals surface area contributed by atoms with Crippen LogP contribution < -0.4 is 0 Å². The number of nitrogens with zero attached hydrogens (tertiary/aromatic N) is 1. The molecule has 0 bridgehead atoms. The number of carbonyl (C=O) groups is 5. The van der Waals surface area contributed by atoms with E-state index in [1.165, 1.54) is 12.1 Å². The molecule has 2 amide bonds. The van der Waals surface area contributed by atoms with Crippen molar-refractivity contribution in [1.29, 1.82) is 0 Å². The maximum atomic E-state index is 14.3. The summed E-state index contributed by atoms with van der Waals surface area (Å²) in [6.07, 6.45) is -1.17. The van der Waals surface area contributed by atoms with Gasteiger partial charge >= 0.3 is 17.9 Å². The molecule has 45 heavy (non-hydrogen) atoms. The molecule has 3 N–H and O–H groups in total. The van der Waals surface area contributed by atoms with Gasteiger partial charge in [0.15, 0.2) is 5.41 Å². The van der Waals surface area contributed by atoms with E-state index >= 15 is 0 Å². The molecule has 1 aliphatic heterocycles. The van der Waals surface area contributed by atoms with Crippen LogP contribution >= 0.6 is 0 Å². The van der Waals surface area contributed by atoms with E-state index < -0.39 is 76.7 Å². The van der Waals surface area contributed by atoms with E-state index in [2.05, 4.69) is 0 Å². The molecular weight excluding hydrogens is 574 g/mol. The minimum atomic E-state index is -2.97. The molecule has 2 atom stereocenters. The van der Waals surface area contributed by atoms with E-state index in [-0.39, 0.29) is 11.1 Å². The molecule has 3 aromatic rings. The Labute approximate surface area is 262 Å². The van der Waals surface area contributed by atoms with Crippen molar-refractivity contribution in [3.05, 3.63) is 107 Å². The zero-order valence-electron chi connectivity index (χ0n) is 26.1. The molecular formula is C36H39NO8. The van der Waals surface area contributed by atoms with Crippen molar-refractivity contribution in [2.75, 3.05) is 6.54 Å². The predicted molar refractivity (Wildman–Crippen MR) is 167 cm³/mol. The number of carboxylic acid groups (broad SMARTS) is 3. The summed E-state index contributed by atoms with van der Waals surface area (Å²) < 4.78 is 0. The molecule has 1 unspecified atom stereocenters. The summed E-state index contributed by atoms with van der Waals surface area (Å²) in [4.78, 5) is 70.4. The zero-order valence-corrected chi connectivity index (χ0v) is 26.1. The van der Waals surface area contributed by atoms with Gasteiger partial charge < -0.3 is 15.3 Å². The predicted octanol–water partition coefficient (Wildman–Crippen LogP) is 5.68. The van der Waals surface area contributed by atoms with Gasteiger partial charge in [-0.3, -0.25) is 28.9 Å². The first kappa shape index (κ1) is 33.1. The number of amides is 2. The van der Waals surface area contributed by atoms with E-state index in [4.69, 9.17) is 0 Å². The van der Waals surface area contributed by atoms with Crippen LogP contribution in [0.15, 0.2) is 84.9 Å². The lowest BCUT2D eigenvalue weighted by Gasteiger charge is -2.62. The smallest absolute Gasteiger partial charge is 0.322 e. The van der Waals surface area contributed by atoms with Crippen LogP contribution in [0.4, 0.5) is 0 Å². The highest BCUT2D eigenvalue weighted by Gasteiger charge is 2.77. The largest absolute Gasteiger partial charge is 0.481 e. The second kappa shape index (κ2) is 12.0. The third-order valence-electron chi connectivity index (χ3n) is 9.82. The maximum Gasteiger partial charge on any atom is 0.322 e. The van der Waals surface area contributed by atoms with Gasteiger partial charge in [0, 0.05) is 18.4 Å². The Morgan fingerprint density at radius 3 is 1.40 bits per heavy atom. The van der Waals surface area contributed by atoms with Crippen molar-refractivity contribution in [3.63, 3.8) is 0 Å². The Hall–Kier alpha value is -4.79. The van der Waals surface area contributed by atoms with Gasteiger partial charge in [0.25, 0.3) is 11.8 Å². The van der Waals surface area contributed by atoms with Crippen LogP contribution in [0.5, 0.6) is 0 Å². The van der Waals surface area contributed by atoms with Crippen LogP contribution in [0, 0.1) is 27.6 Å². The molecule has 1 heterocycles. The molecule has 4 rings (SSSR count). The Bertz CT molecular complexity index is 1580. The van der Waals surface area contributed by atoms with Gasteiger partial charge in [0.05, 0.1) is 11.1 Å². The quantitative estimate of drug-likeness (QED) is 0.174. The van der Waals surface area contributed by atoms with Gasteiger partial charge in [-0.2, -0.15) is 0 Å². The Morgan fingerprint density at radius 2 is 1.04 bits per heavy atom. The Balaban J connectivity index is 2.18. The zero-order chi connectivity index (χ0) is 33.4. The standard InChI is InChI=1S/C36H39NO8/c1-23(2)36(33(3,4)5,22-37-28(38)26-18-12-13-19-27(26)29(37)39)35(32(44)45,21-25-16-10-7-11-17-25)34(30(40)41,31(42)43)20-24-14-8-6-9-15-24/h6-19,23H,20-22H2,1-5H3,(H,40,41)(H,42,43)(H,44,45)/t35-,36?/m0/s1. The number of rotatable bonds is 12. The van der Waals surface area contributed by atoms with Crippen LogP contribution in [0.25, 0.3) is 0 Å². The lowest BCUT2D eigenvalue weighted by Crippen LogP contribution is -2.73. The minimum absolute atomic E-state index is 0.144. The molecule has 0 spiro atoms. The SMILES string of the molecule is CC(C)C(CN1C(=O)c2ccccc2C1=O)(C(C)(C)C)[C@@](Cc1ccccc1)(C(=O)O)C(Cc1ccccc1)(C(=O)O)C(=O)O. The highest BCUT2D eigenvalue weighted by Crippen LogP contribution is 2.66. The van der Waals surface area contributed by atoms with E-state index in [0.717, 1.165) is 4.90 Å². The Morgan fingerprint density at radius 1 is 0.644 bits per heavy atom. The molecule has 0 saturated heterocycles. The molecule has 0 aliphatic carbocycles. The number of imide groups is 1. The summed E-state index contributed by atoms with van der Waals surface area (Å²) in [6, 6.07) is 22.6. The summed E-state index contributed by atoms with van der Waals surface area (Å²) in [7, 11) is 0. The average molecular weight is 614 g/mol. The highest BCUT2D eigenvalue weighted by atomic mass is 16.4. The van der Waals surface area contributed by atoms with Crippen molar-refractivity contribution in [2.24, 2.45) is 27.6 Å². The average Bonchev–Trinajstić information content (AvgIpc) is 3.22. The van der Waals surface area contributed by atoms with Crippen LogP contribution in [0.2, 0.25) is 0 Å². The molecule has 0 aromatic heterocycles. The first-order valence-electron chi connectivity index (χ1n) is 14.8. The lowest BCUT2D eigenvalue weighted by molar-refractivity contribution is -0.221. The highest BCUT2D eigenvalue weighted by molar-refractivity contribution is 6.21. The number of carbonyl (C=O) groups excluding carboxylic acids is 2. The fourth-order valence-electron chi connectivity index (χ4n) is 7.89. The second-order valence-electron chi connectivity index (χ2n) is 13.2. The van der Waals surface area contributed by atoms with Crippen molar-refractivity contribution in [1.82, 2.24) is 4.90 Å². The number of carboxylic acids is 3. The fraction of sp³-hybridized carbons (Fsp3) is 0.361. The summed E-state index contributed by atoms with van der Waals surface area (Å²) in [6.45, 7) is 8.00. The molecule has 0 saturated carbocycles. The summed E-state index contributed by atoms with van der Waals surface area (Å²) in [5.41, 5.74) is -7.61. The normalized spacial score (nSPS) is 16.2.